The summed E-state index contributed by atoms with van der Waals surface area (Å²) in [6, 6.07) is 9.56. The van der Waals surface area contributed by atoms with Crippen LogP contribution in [-0.4, -0.2) is 36.6 Å². The van der Waals surface area contributed by atoms with E-state index in [4.69, 9.17) is 14.2 Å². The summed E-state index contributed by atoms with van der Waals surface area (Å²) in [4.78, 5) is 12.7. The zero-order valence-corrected chi connectivity index (χ0v) is 18.7. The van der Waals surface area contributed by atoms with Gasteiger partial charge in [-0.15, -0.1) is 0 Å². The van der Waals surface area contributed by atoms with Crippen LogP contribution in [0.1, 0.15) is 31.9 Å². The van der Waals surface area contributed by atoms with Crippen molar-refractivity contribution in [3.8, 4) is 22.6 Å². The van der Waals surface area contributed by atoms with E-state index in [0.717, 1.165) is 39.4 Å². The van der Waals surface area contributed by atoms with Crippen molar-refractivity contribution in [1.82, 2.24) is 4.57 Å². The number of nitrogens with zero attached hydrogens (tertiary/aromatic N) is 1. The number of aliphatic hydroxyl groups is 1. The Morgan fingerprint density at radius 2 is 1.71 bits per heavy atom. The molecule has 0 unspecified atom stereocenters. The van der Waals surface area contributed by atoms with Crippen LogP contribution < -0.4 is 15.0 Å². The van der Waals surface area contributed by atoms with Gasteiger partial charge >= 0.3 is 0 Å². The van der Waals surface area contributed by atoms with Gasteiger partial charge in [-0.25, -0.2) is 0 Å². The minimum atomic E-state index is -0.113. The van der Waals surface area contributed by atoms with Gasteiger partial charge in [0.2, 0.25) is 0 Å². The predicted molar refractivity (Wildman–Crippen MR) is 123 cm³/mol. The van der Waals surface area contributed by atoms with Crippen LogP contribution in [0, 0.1) is 0 Å². The Labute approximate surface area is 183 Å². The number of aliphatic hydroxyl groups excluding tert-OH is 1. The minimum Gasteiger partial charge on any atom is -0.490 e. The second-order valence-corrected chi connectivity index (χ2v) is 7.23. The summed E-state index contributed by atoms with van der Waals surface area (Å²) < 4.78 is 18.4. The van der Waals surface area contributed by atoms with Gasteiger partial charge in [0, 0.05) is 25.9 Å². The molecule has 0 bridgehead atoms. The lowest BCUT2D eigenvalue weighted by atomic mass is 9.89. The molecule has 6 nitrogen and oxygen atoms in total. The van der Waals surface area contributed by atoms with Crippen LogP contribution in [0.3, 0.4) is 0 Å². The minimum absolute atomic E-state index is 0.107. The summed E-state index contributed by atoms with van der Waals surface area (Å²) in [6.45, 7) is 7.82. The number of ether oxygens (including phenoxy) is 3. The molecule has 0 atom stereocenters. The summed E-state index contributed by atoms with van der Waals surface area (Å²) >= 11 is 0. The maximum atomic E-state index is 12.7. The van der Waals surface area contributed by atoms with Crippen LogP contribution in [0.2, 0.25) is 0 Å². The van der Waals surface area contributed by atoms with Gasteiger partial charge in [-0.1, -0.05) is 13.0 Å². The standard InChI is InChI=1S/C25H31NO5/c1-5-17-12-19-13-22(30-6-2)23(31-7-3)15-20(19)25(21(17)16-27)18-8-9-26(10-11-29-4)24(28)14-18/h8-9,12-15,27H,5-7,10-11,16H2,1-4H3. The number of methoxy groups -OCH3 is 1. The van der Waals surface area contributed by atoms with Gasteiger partial charge in [-0.3, -0.25) is 4.79 Å². The zero-order valence-electron chi connectivity index (χ0n) is 18.7. The van der Waals surface area contributed by atoms with Crippen LogP contribution in [-0.2, 0) is 24.3 Å². The van der Waals surface area contributed by atoms with Crippen LogP contribution in [0.25, 0.3) is 21.9 Å². The summed E-state index contributed by atoms with van der Waals surface area (Å²) in [5.41, 5.74) is 3.40. The molecule has 0 amide bonds. The fraction of sp³-hybridized carbons (Fsp3) is 0.400. The molecule has 3 rings (SSSR count). The van der Waals surface area contributed by atoms with E-state index in [9.17, 15) is 9.90 Å². The predicted octanol–water partition coefficient (Wildman–Crippen LogP) is 4.17. The summed E-state index contributed by atoms with van der Waals surface area (Å²) in [6.07, 6.45) is 2.54. The van der Waals surface area contributed by atoms with Crippen molar-refractivity contribution in [1.29, 1.82) is 0 Å². The molecular weight excluding hydrogens is 394 g/mol. The van der Waals surface area contributed by atoms with Gasteiger partial charge in [0.05, 0.1) is 26.4 Å². The maximum Gasteiger partial charge on any atom is 0.251 e. The van der Waals surface area contributed by atoms with E-state index < -0.39 is 0 Å². The third kappa shape index (κ3) is 4.75. The Morgan fingerprint density at radius 1 is 1.00 bits per heavy atom. The van der Waals surface area contributed by atoms with E-state index in [1.807, 2.05) is 32.0 Å². The second-order valence-electron chi connectivity index (χ2n) is 7.23. The Kier molecular flexibility index (Phi) is 7.71. The largest absolute Gasteiger partial charge is 0.490 e. The fourth-order valence-electron chi connectivity index (χ4n) is 3.91. The molecule has 0 spiro atoms. The van der Waals surface area contributed by atoms with Gasteiger partial charge in [-0.05, 0) is 71.5 Å². The van der Waals surface area contributed by atoms with E-state index in [-0.39, 0.29) is 12.2 Å². The molecule has 31 heavy (non-hydrogen) atoms. The quantitative estimate of drug-likeness (QED) is 0.528. The van der Waals surface area contributed by atoms with E-state index in [1.54, 1.807) is 23.9 Å². The van der Waals surface area contributed by atoms with Gasteiger partial charge in [0.25, 0.3) is 5.56 Å². The number of hydrogen-bond donors (Lipinski definition) is 1. The molecule has 1 aromatic heterocycles. The molecule has 0 aliphatic carbocycles. The van der Waals surface area contributed by atoms with E-state index in [0.29, 0.717) is 37.9 Å². The topological polar surface area (TPSA) is 69.9 Å². The highest BCUT2D eigenvalue weighted by Crippen LogP contribution is 2.40. The molecule has 6 heteroatoms. The molecule has 0 saturated heterocycles. The third-order valence-electron chi connectivity index (χ3n) is 5.36. The second kappa shape index (κ2) is 10.5. The van der Waals surface area contributed by atoms with Crippen molar-refractivity contribution >= 4 is 10.8 Å². The van der Waals surface area contributed by atoms with Gasteiger partial charge in [-0.2, -0.15) is 0 Å². The normalized spacial score (nSPS) is 11.1. The van der Waals surface area contributed by atoms with Crippen LogP contribution in [0.4, 0.5) is 0 Å². The number of benzene rings is 2. The highest BCUT2D eigenvalue weighted by Gasteiger charge is 2.18. The number of hydrogen-bond acceptors (Lipinski definition) is 5. The molecule has 0 aliphatic rings. The zero-order chi connectivity index (χ0) is 22.4. The average Bonchev–Trinajstić information content (AvgIpc) is 2.77. The number of pyridine rings is 1. The maximum absolute atomic E-state index is 12.7. The molecule has 0 saturated carbocycles. The Balaban J connectivity index is 2.30. The van der Waals surface area contributed by atoms with Crippen molar-refractivity contribution in [2.75, 3.05) is 26.9 Å². The first-order valence-corrected chi connectivity index (χ1v) is 10.8. The lowest BCUT2D eigenvalue weighted by Gasteiger charge is -2.19. The Morgan fingerprint density at radius 3 is 2.29 bits per heavy atom. The number of aryl methyl sites for hydroxylation is 1. The first-order valence-electron chi connectivity index (χ1n) is 10.8. The highest BCUT2D eigenvalue weighted by molar-refractivity contribution is 6.01. The third-order valence-corrected chi connectivity index (χ3v) is 5.36. The molecule has 1 heterocycles. The molecule has 1 N–H and O–H groups in total. The molecule has 0 fully saturated rings. The van der Waals surface area contributed by atoms with E-state index >= 15 is 0 Å². The van der Waals surface area contributed by atoms with Crippen molar-refractivity contribution in [3.05, 3.63) is 58.0 Å². The first kappa shape index (κ1) is 22.8. The van der Waals surface area contributed by atoms with Gasteiger partial charge in [0.15, 0.2) is 11.5 Å². The lowest BCUT2D eigenvalue weighted by molar-refractivity contribution is 0.186. The smallest absolute Gasteiger partial charge is 0.251 e. The van der Waals surface area contributed by atoms with Crippen molar-refractivity contribution in [2.45, 2.75) is 40.3 Å². The summed E-state index contributed by atoms with van der Waals surface area (Å²) in [7, 11) is 1.61. The van der Waals surface area contributed by atoms with Crippen LogP contribution in [0.15, 0.2) is 41.3 Å². The number of fused-ring (bicyclic) bond motifs is 1. The molecule has 166 valence electrons. The molecule has 0 aliphatic heterocycles. The summed E-state index contributed by atoms with van der Waals surface area (Å²) in [5.74, 6) is 1.34. The number of aromatic nitrogens is 1. The van der Waals surface area contributed by atoms with Gasteiger partial charge < -0.3 is 23.9 Å². The molecule has 3 aromatic rings. The van der Waals surface area contributed by atoms with Crippen LogP contribution >= 0.6 is 0 Å². The lowest BCUT2D eigenvalue weighted by Crippen LogP contribution is -2.20. The van der Waals surface area contributed by atoms with Crippen LogP contribution in [0.5, 0.6) is 11.5 Å². The van der Waals surface area contributed by atoms with Gasteiger partial charge in [0.1, 0.15) is 0 Å². The Bertz CT molecular complexity index is 1100. The Hall–Kier alpha value is -2.83. The van der Waals surface area contributed by atoms with Crippen molar-refractivity contribution < 1.29 is 19.3 Å². The first-order chi connectivity index (χ1) is 15.1. The van der Waals surface area contributed by atoms with Crippen molar-refractivity contribution in [3.63, 3.8) is 0 Å². The summed E-state index contributed by atoms with van der Waals surface area (Å²) in [5, 5.41) is 12.2. The number of rotatable bonds is 10. The van der Waals surface area contributed by atoms with E-state index in [1.165, 1.54) is 0 Å². The average molecular weight is 426 g/mol. The molecule has 2 aromatic carbocycles. The monoisotopic (exact) mass is 425 g/mol. The molecular formula is C25H31NO5. The van der Waals surface area contributed by atoms with Crippen molar-refractivity contribution in [2.24, 2.45) is 0 Å². The molecule has 0 radical (unpaired) electrons. The highest BCUT2D eigenvalue weighted by atomic mass is 16.5. The fourth-order valence-corrected chi connectivity index (χ4v) is 3.91. The SMILES string of the molecule is CCOc1cc2cc(CC)c(CO)c(-c3ccn(CCOC)c(=O)c3)c2cc1OCC. The van der Waals surface area contributed by atoms with E-state index in [2.05, 4.69) is 13.0 Å².